The van der Waals surface area contributed by atoms with Crippen molar-refractivity contribution in [3.63, 3.8) is 0 Å². The second-order valence-electron chi connectivity index (χ2n) is 7.06. The maximum absolute atomic E-state index is 12.5. The van der Waals surface area contributed by atoms with E-state index in [1.54, 1.807) is 18.3 Å². The van der Waals surface area contributed by atoms with Crippen LogP contribution in [0.15, 0.2) is 16.8 Å². The van der Waals surface area contributed by atoms with Crippen molar-refractivity contribution in [2.24, 2.45) is 17.8 Å². The molecule has 1 N–H and O–H groups in total. The molecule has 0 unspecified atom stereocenters. The molecule has 1 aromatic heterocycles. The van der Waals surface area contributed by atoms with E-state index in [4.69, 9.17) is 0 Å². The highest BCUT2D eigenvalue weighted by atomic mass is 32.1. The van der Waals surface area contributed by atoms with Crippen LogP contribution in [0.5, 0.6) is 0 Å². The number of aliphatic hydroxyl groups is 1. The van der Waals surface area contributed by atoms with Gasteiger partial charge in [0.05, 0.1) is 6.42 Å². The Hall–Kier alpha value is -1.40. The van der Waals surface area contributed by atoms with E-state index in [9.17, 15) is 14.7 Å². The number of hydrogen-bond donors (Lipinski definition) is 1. The van der Waals surface area contributed by atoms with Crippen LogP contribution in [0.2, 0.25) is 0 Å². The van der Waals surface area contributed by atoms with Gasteiger partial charge in [-0.25, -0.2) is 0 Å². The van der Waals surface area contributed by atoms with E-state index in [0.717, 1.165) is 38.0 Å². The zero-order chi connectivity index (χ0) is 17.1. The van der Waals surface area contributed by atoms with Crippen LogP contribution in [-0.4, -0.2) is 59.5 Å². The third kappa shape index (κ3) is 3.81. The number of nitrogens with zero attached hydrogens (tertiary/aromatic N) is 2. The fourth-order valence-corrected chi connectivity index (χ4v) is 4.82. The van der Waals surface area contributed by atoms with E-state index in [-0.39, 0.29) is 24.3 Å². The molecule has 0 aliphatic carbocycles. The summed E-state index contributed by atoms with van der Waals surface area (Å²) in [7, 11) is 0. The molecule has 0 bridgehead atoms. The summed E-state index contributed by atoms with van der Waals surface area (Å²) in [6, 6.07) is 2.00. The largest absolute Gasteiger partial charge is 0.396 e. The number of piperidine rings is 1. The number of aliphatic hydroxyl groups excluding tert-OH is 1. The SMILES string of the molecule is CC(=O)N1CCC([C@@H]2CN(C(=O)Cc3ccsc3)C[C@H]2CO)CC1. The lowest BCUT2D eigenvalue weighted by Crippen LogP contribution is -2.40. The van der Waals surface area contributed by atoms with Gasteiger partial charge in [-0.15, -0.1) is 0 Å². The van der Waals surface area contributed by atoms with Crippen LogP contribution in [-0.2, 0) is 16.0 Å². The molecule has 24 heavy (non-hydrogen) atoms. The minimum Gasteiger partial charge on any atom is -0.396 e. The van der Waals surface area contributed by atoms with E-state index in [1.807, 2.05) is 26.6 Å². The molecule has 3 heterocycles. The fraction of sp³-hybridized carbons (Fsp3) is 0.667. The molecule has 1 aromatic rings. The molecule has 0 spiro atoms. The molecule has 2 aliphatic heterocycles. The number of carbonyl (C=O) groups is 2. The zero-order valence-electron chi connectivity index (χ0n) is 14.2. The highest BCUT2D eigenvalue weighted by Crippen LogP contribution is 2.35. The highest BCUT2D eigenvalue weighted by molar-refractivity contribution is 7.08. The molecule has 2 atom stereocenters. The first-order valence-electron chi connectivity index (χ1n) is 8.73. The van der Waals surface area contributed by atoms with Gasteiger partial charge in [0.15, 0.2) is 0 Å². The van der Waals surface area contributed by atoms with Crippen molar-refractivity contribution < 1.29 is 14.7 Å². The molecule has 2 amide bonds. The molecule has 5 nitrogen and oxygen atoms in total. The third-order valence-electron chi connectivity index (χ3n) is 5.60. The van der Waals surface area contributed by atoms with Crippen LogP contribution >= 0.6 is 11.3 Å². The van der Waals surface area contributed by atoms with E-state index < -0.39 is 0 Å². The van der Waals surface area contributed by atoms with E-state index in [1.165, 1.54) is 0 Å². The first-order valence-corrected chi connectivity index (χ1v) is 9.68. The van der Waals surface area contributed by atoms with E-state index in [2.05, 4.69) is 0 Å². The van der Waals surface area contributed by atoms with Gasteiger partial charge < -0.3 is 14.9 Å². The zero-order valence-corrected chi connectivity index (χ0v) is 15.0. The Morgan fingerprint density at radius 2 is 2.00 bits per heavy atom. The Kier molecular flexibility index (Phi) is 5.56. The average molecular weight is 350 g/mol. The summed E-state index contributed by atoms with van der Waals surface area (Å²) in [4.78, 5) is 27.8. The van der Waals surface area contributed by atoms with Crippen LogP contribution < -0.4 is 0 Å². The van der Waals surface area contributed by atoms with Crippen molar-refractivity contribution in [3.8, 4) is 0 Å². The highest BCUT2D eigenvalue weighted by Gasteiger charge is 2.40. The predicted octanol–water partition coefficient (Wildman–Crippen LogP) is 1.62. The summed E-state index contributed by atoms with van der Waals surface area (Å²) in [5.41, 5.74) is 1.07. The van der Waals surface area contributed by atoms with Gasteiger partial charge in [-0.3, -0.25) is 9.59 Å². The number of likely N-dealkylation sites (tertiary alicyclic amines) is 2. The van der Waals surface area contributed by atoms with Gasteiger partial charge >= 0.3 is 0 Å². The lowest BCUT2D eigenvalue weighted by atomic mass is 9.79. The normalized spacial score (nSPS) is 25.2. The molecule has 132 valence electrons. The van der Waals surface area contributed by atoms with Gasteiger partial charge in [-0.05, 0) is 47.1 Å². The average Bonchev–Trinajstić information content (AvgIpc) is 3.24. The van der Waals surface area contributed by atoms with Gasteiger partial charge in [0, 0.05) is 45.6 Å². The van der Waals surface area contributed by atoms with E-state index in [0.29, 0.717) is 24.8 Å². The number of hydrogen-bond acceptors (Lipinski definition) is 4. The smallest absolute Gasteiger partial charge is 0.227 e. The minimum absolute atomic E-state index is 0.139. The summed E-state index contributed by atoms with van der Waals surface area (Å²) in [5.74, 6) is 1.33. The monoisotopic (exact) mass is 350 g/mol. The molecular weight excluding hydrogens is 324 g/mol. The Labute approximate surface area is 147 Å². The Morgan fingerprint density at radius 3 is 2.58 bits per heavy atom. The molecule has 2 fully saturated rings. The topological polar surface area (TPSA) is 60.9 Å². The standard InChI is InChI=1S/C18H26N2O3S/c1-13(22)19-5-2-15(3-6-19)17-10-20(9-16(17)11-21)18(23)8-14-4-7-24-12-14/h4,7,12,15-17,21H,2-3,5-6,8-11H2,1H3/t16-,17-/m0/s1. The summed E-state index contributed by atoms with van der Waals surface area (Å²) in [5, 5.41) is 13.8. The maximum Gasteiger partial charge on any atom is 0.227 e. The molecule has 0 radical (unpaired) electrons. The summed E-state index contributed by atoms with van der Waals surface area (Å²) in [6.45, 7) is 4.78. The number of carbonyl (C=O) groups excluding carboxylic acids is 2. The molecule has 0 aromatic carbocycles. The second kappa shape index (κ2) is 7.66. The first kappa shape index (κ1) is 17.4. The van der Waals surface area contributed by atoms with Crippen LogP contribution in [0.25, 0.3) is 0 Å². The lowest BCUT2D eigenvalue weighted by Gasteiger charge is -2.35. The second-order valence-corrected chi connectivity index (χ2v) is 7.84. The van der Waals surface area contributed by atoms with E-state index >= 15 is 0 Å². The van der Waals surface area contributed by atoms with Gasteiger partial charge in [-0.1, -0.05) is 0 Å². The predicted molar refractivity (Wildman–Crippen MR) is 93.6 cm³/mol. The molecule has 0 saturated carbocycles. The number of rotatable bonds is 4. The Bertz CT molecular complexity index is 567. The fourth-order valence-electron chi connectivity index (χ4n) is 4.15. The summed E-state index contributed by atoms with van der Waals surface area (Å²) < 4.78 is 0. The lowest BCUT2D eigenvalue weighted by molar-refractivity contribution is -0.130. The van der Waals surface area contributed by atoms with Crippen molar-refractivity contribution in [2.45, 2.75) is 26.2 Å². The number of amides is 2. The Balaban J connectivity index is 1.58. The van der Waals surface area contributed by atoms with Crippen molar-refractivity contribution in [3.05, 3.63) is 22.4 Å². The van der Waals surface area contributed by atoms with Gasteiger partial charge in [0.2, 0.25) is 11.8 Å². The van der Waals surface area contributed by atoms with Crippen molar-refractivity contribution in [1.29, 1.82) is 0 Å². The summed E-state index contributed by atoms with van der Waals surface area (Å²) >= 11 is 1.61. The summed E-state index contributed by atoms with van der Waals surface area (Å²) in [6.07, 6.45) is 2.41. The van der Waals surface area contributed by atoms with Crippen LogP contribution in [0, 0.1) is 17.8 Å². The quantitative estimate of drug-likeness (QED) is 0.898. The number of thiophene rings is 1. The maximum atomic E-state index is 12.5. The van der Waals surface area contributed by atoms with Crippen LogP contribution in [0.1, 0.15) is 25.3 Å². The Morgan fingerprint density at radius 1 is 1.25 bits per heavy atom. The third-order valence-corrected chi connectivity index (χ3v) is 6.34. The first-order chi connectivity index (χ1) is 11.6. The van der Waals surface area contributed by atoms with Crippen molar-refractivity contribution >= 4 is 23.2 Å². The van der Waals surface area contributed by atoms with Gasteiger partial charge in [0.1, 0.15) is 0 Å². The minimum atomic E-state index is 0.139. The van der Waals surface area contributed by atoms with Crippen LogP contribution in [0.3, 0.4) is 0 Å². The van der Waals surface area contributed by atoms with Gasteiger partial charge in [0.25, 0.3) is 0 Å². The molecule has 6 heteroatoms. The molecule has 2 saturated heterocycles. The van der Waals surface area contributed by atoms with Crippen molar-refractivity contribution in [2.75, 3.05) is 32.8 Å². The molecular formula is C18H26N2O3S. The molecule has 3 rings (SSSR count). The van der Waals surface area contributed by atoms with Crippen LogP contribution in [0.4, 0.5) is 0 Å². The van der Waals surface area contributed by atoms with Gasteiger partial charge in [-0.2, -0.15) is 11.3 Å². The van der Waals surface area contributed by atoms with Crippen molar-refractivity contribution in [1.82, 2.24) is 9.80 Å². The molecule has 2 aliphatic rings.